The summed E-state index contributed by atoms with van der Waals surface area (Å²) < 4.78 is 5.89. The van der Waals surface area contributed by atoms with E-state index < -0.39 is 0 Å². The van der Waals surface area contributed by atoms with Gasteiger partial charge >= 0.3 is 0 Å². The third kappa shape index (κ3) is 3.55. The van der Waals surface area contributed by atoms with Crippen LogP contribution >= 0.6 is 11.3 Å². The van der Waals surface area contributed by atoms with Gasteiger partial charge in [-0.3, -0.25) is 9.59 Å². The van der Waals surface area contributed by atoms with Crippen LogP contribution in [0.25, 0.3) is 0 Å². The Hall–Kier alpha value is -1.47. The minimum Gasteiger partial charge on any atom is -0.370 e. The number of likely N-dealkylation sites (tertiary alicyclic amines) is 1. The van der Waals surface area contributed by atoms with Crippen LogP contribution in [0.5, 0.6) is 0 Å². The highest BCUT2D eigenvalue weighted by Crippen LogP contribution is 2.32. The van der Waals surface area contributed by atoms with Gasteiger partial charge in [0.05, 0.1) is 23.1 Å². The van der Waals surface area contributed by atoms with Crippen molar-refractivity contribution in [2.45, 2.75) is 39.4 Å². The predicted molar refractivity (Wildman–Crippen MR) is 87.4 cm³/mol. The van der Waals surface area contributed by atoms with E-state index in [0.717, 1.165) is 5.01 Å². The first-order valence-electron chi connectivity index (χ1n) is 8.08. The summed E-state index contributed by atoms with van der Waals surface area (Å²) in [6.07, 6.45) is 0.436. The fourth-order valence-corrected chi connectivity index (χ4v) is 3.75. The Labute approximate surface area is 140 Å². The molecule has 3 heterocycles. The fourth-order valence-electron chi connectivity index (χ4n) is 3.16. The Balaban J connectivity index is 1.63. The van der Waals surface area contributed by atoms with Gasteiger partial charge in [0, 0.05) is 25.0 Å². The zero-order chi connectivity index (χ0) is 16.6. The highest BCUT2D eigenvalue weighted by molar-refractivity contribution is 7.09. The molecule has 0 aliphatic carbocycles. The maximum Gasteiger partial charge on any atom is 0.273 e. The molecule has 0 saturated carbocycles. The largest absolute Gasteiger partial charge is 0.370 e. The number of hydrogen-bond donors (Lipinski definition) is 1. The van der Waals surface area contributed by atoms with Crippen molar-refractivity contribution in [1.29, 1.82) is 0 Å². The van der Waals surface area contributed by atoms with Crippen molar-refractivity contribution in [3.05, 3.63) is 16.1 Å². The zero-order valence-electron chi connectivity index (χ0n) is 13.7. The molecule has 1 aromatic heterocycles. The normalized spacial score (nSPS) is 26.6. The second-order valence-electron chi connectivity index (χ2n) is 6.74. The summed E-state index contributed by atoms with van der Waals surface area (Å²) in [5.41, 5.74) is 0.495. The van der Waals surface area contributed by atoms with Crippen LogP contribution < -0.4 is 5.32 Å². The Morgan fingerprint density at radius 2 is 2.26 bits per heavy atom. The summed E-state index contributed by atoms with van der Waals surface area (Å²) in [5, 5.41) is 5.66. The van der Waals surface area contributed by atoms with Crippen LogP contribution in [0.2, 0.25) is 0 Å². The number of fused-ring (bicyclic) bond motifs is 2. The van der Waals surface area contributed by atoms with Crippen molar-refractivity contribution in [1.82, 2.24) is 15.2 Å². The van der Waals surface area contributed by atoms with E-state index in [0.29, 0.717) is 37.7 Å². The average molecular weight is 337 g/mol. The zero-order valence-corrected chi connectivity index (χ0v) is 14.6. The van der Waals surface area contributed by atoms with Gasteiger partial charge < -0.3 is 15.0 Å². The summed E-state index contributed by atoms with van der Waals surface area (Å²) in [4.78, 5) is 30.9. The standard InChI is InChI=1S/C16H23N3O3S/c1-9(2)5-17-15(20)12-4-11-6-19(7-14(12)22-11)16(21)13-8-23-10(3)18-13/h8-9,11-12,14H,4-7H2,1-3H3,(H,17,20). The van der Waals surface area contributed by atoms with E-state index in [4.69, 9.17) is 4.74 Å². The number of ether oxygens (including phenoxy) is 1. The van der Waals surface area contributed by atoms with Crippen molar-refractivity contribution >= 4 is 23.2 Å². The number of rotatable bonds is 4. The molecule has 0 aromatic carbocycles. The molecule has 23 heavy (non-hydrogen) atoms. The van der Waals surface area contributed by atoms with Gasteiger partial charge in [-0.15, -0.1) is 11.3 Å². The number of carbonyl (C=O) groups excluding carboxylic acids is 2. The third-order valence-corrected chi connectivity index (χ3v) is 5.08. The molecule has 1 N–H and O–H groups in total. The first-order chi connectivity index (χ1) is 10.9. The molecule has 2 bridgehead atoms. The van der Waals surface area contributed by atoms with Crippen molar-refractivity contribution in [2.75, 3.05) is 19.6 Å². The molecular formula is C16H23N3O3S. The second-order valence-corrected chi connectivity index (χ2v) is 7.80. The number of hydrogen-bond acceptors (Lipinski definition) is 5. The van der Waals surface area contributed by atoms with Crippen molar-refractivity contribution < 1.29 is 14.3 Å². The van der Waals surface area contributed by atoms with Crippen molar-refractivity contribution in [3.63, 3.8) is 0 Å². The van der Waals surface area contributed by atoms with E-state index >= 15 is 0 Å². The number of amides is 2. The first-order valence-corrected chi connectivity index (χ1v) is 8.96. The predicted octanol–water partition coefficient (Wildman–Crippen LogP) is 1.45. The monoisotopic (exact) mass is 337 g/mol. The number of carbonyl (C=O) groups is 2. The molecule has 2 amide bonds. The second kappa shape index (κ2) is 6.57. The molecule has 3 atom stereocenters. The molecule has 126 valence electrons. The summed E-state index contributed by atoms with van der Waals surface area (Å²) >= 11 is 1.47. The number of aromatic nitrogens is 1. The van der Waals surface area contributed by atoms with E-state index in [1.54, 1.807) is 10.3 Å². The van der Waals surface area contributed by atoms with Crippen LogP contribution in [0.4, 0.5) is 0 Å². The lowest BCUT2D eigenvalue weighted by Crippen LogP contribution is -2.48. The van der Waals surface area contributed by atoms with Gasteiger partial charge in [0.2, 0.25) is 5.91 Å². The Morgan fingerprint density at radius 3 is 2.91 bits per heavy atom. The van der Waals surface area contributed by atoms with Crippen LogP contribution in [-0.4, -0.2) is 53.5 Å². The van der Waals surface area contributed by atoms with Crippen LogP contribution in [0.3, 0.4) is 0 Å². The van der Waals surface area contributed by atoms with Gasteiger partial charge in [-0.25, -0.2) is 4.98 Å². The van der Waals surface area contributed by atoms with Crippen LogP contribution in [0.1, 0.15) is 35.8 Å². The molecule has 0 radical (unpaired) electrons. The molecule has 1 aromatic rings. The number of nitrogens with one attached hydrogen (secondary N) is 1. The smallest absolute Gasteiger partial charge is 0.273 e. The summed E-state index contributed by atoms with van der Waals surface area (Å²) in [7, 11) is 0. The number of thiazole rings is 1. The lowest BCUT2D eigenvalue weighted by Gasteiger charge is -2.32. The molecular weight excluding hydrogens is 314 g/mol. The van der Waals surface area contributed by atoms with Crippen LogP contribution in [-0.2, 0) is 9.53 Å². The third-order valence-electron chi connectivity index (χ3n) is 4.30. The van der Waals surface area contributed by atoms with Gasteiger partial charge in [-0.2, -0.15) is 0 Å². The summed E-state index contributed by atoms with van der Waals surface area (Å²) in [6, 6.07) is 0. The van der Waals surface area contributed by atoms with Gasteiger partial charge in [-0.05, 0) is 19.3 Å². The quantitative estimate of drug-likeness (QED) is 0.903. The Morgan fingerprint density at radius 1 is 1.48 bits per heavy atom. The minimum absolute atomic E-state index is 0.0463. The maximum absolute atomic E-state index is 12.5. The van der Waals surface area contributed by atoms with Crippen LogP contribution in [0, 0.1) is 18.8 Å². The summed E-state index contributed by atoms with van der Waals surface area (Å²) in [5.74, 6) is 0.251. The fraction of sp³-hybridized carbons (Fsp3) is 0.688. The molecule has 7 heteroatoms. The molecule has 6 nitrogen and oxygen atoms in total. The lowest BCUT2D eigenvalue weighted by molar-refractivity contribution is -0.127. The minimum atomic E-state index is -0.204. The molecule has 2 saturated heterocycles. The summed E-state index contributed by atoms with van der Waals surface area (Å²) in [6.45, 7) is 7.71. The van der Waals surface area contributed by atoms with Crippen LogP contribution in [0.15, 0.2) is 5.38 Å². The molecule has 3 unspecified atom stereocenters. The SMILES string of the molecule is Cc1nc(C(=O)N2CC3CC(C(=O)NCC(C)C)C(C2)O3)cs1. The Kier molecular flexibility index (Phi) is 4.68. The lowest BCUT2D eigenvalue weighted by atomic mass is 9.99. The molecule has 0 spiro atoms. The molecule has 2 aliphatic rings. The highest BCUT2D eigenvalue weighted by atomic mass is 32.1. The van der Waals surface area contributed by atoms with Gasteiger partial charge in [0.15, 0.2) is 0 Å². The molecule has 3 rings (SSSR count). The maximum atomic E-state index is 12.5. The number of nitrogens with zero attached hydrogens (tertiary/aromatic N) is 2. The topological polar surface area (TPSA) is 71.5 Å². The Bertz CT molecular complexity index is 601. The number of aryl methyl sites for hydroxylation is 1. The highest BCUT2D eigenvalue weighted by Gasteiger charge is 2.45. The molecule has 2 fully saturated rings. The van der Waals surface area contributed by atoms with E-state index in [1.807, 2.05) is 6.92 Å². The first kappa shape index (κ1) is 16.4. The van der Waals surface area contributed by atoms with Gasteiger partial charge in [0.1, 0.15) is 5.69 Å². The van der Waals surface area contributed by atoms with E-state index in [-0.39, 0.29) is 29.9 Å². The van der Waals surface area contributed by atoms with Gasteiger partial charge in [-0.1, -0.05) is 13.8 Å². The number of morpholine rings is 1. The average Bonchev–Trinajstić information content (AvgIpc) is 3.07. The van der Waals surface area contributed by atoms with E-state index in [9.17, 15) is 9.59 Å². The van der Waals surface area contributed by atoms with E-state index in [1.165, 1.54) is 11.3 Å². The van der Waals surface area contributed by atoms with Gasteiger partial charge in [0.25, 0.3) is 5.91 Å². The van der Waals surface area contributed by atoms with Crippen molar-refractivity contribution in [3.8, 4) is 0 Å². The molecule has 2 aliphatic heterocycles. The van der Waals surface area contributed by atoms with Crippen molar-refractivity contribution in [2.24, 2.45) is 11.8 Å². The van der Waals surface area contributed by atoms with E-state index in [2.05, 4.69) is 24.1 Å².